The van der Waals surface area contributed by atoms with E-state index in [-0.39, 0.29) is 16.0 Å². The Bertz CT molecular complexity index is 650. The van der Waals surface area contributed by atoms with Crippen molar-refractivity contribution in [3.8, 4) is 6.07 Å². The highest BCUT2D eigenvalue weighted by molar-refractivity contribution is 7.89. The largest absolute Gasteiger partial charge is 0.244 e. The minimum Gasteiger partial charge on any atom is -0.207 e. The molecule has 0 saturated carbocycles. The van der Waals surface area contributed by atoms with Gasteiger partial charge in [-0.15, -0.1) is 0 Å². The Morgan fingerprint density at radius 1 is 1.43 bits per heavy atom. The topological polar surface area (TPSA) is 61.2 Å². The van der Waals surface area contributed by atoms with Crippen LogP contribution in [0.2, 0.25) is 5.02 Å². The fourth-order valence-corrected chi connectivity index (χ4v) is 5.03. The first-order valence-corrected chi connectivity index (χ1v) is 9.04. The zero-order valence-corrected chi connectivity index (χ0v) is 13.6. The van der Waals surface area contributed by atoms with Crippen LogP contribution in [0.3, 0.4) is 0 Å². The number of hydrogen-bond acceptors (Lipinski definition) is 3. The van der Waals surface area contributed by atoms with Crippen LogP contribution >= 0.6 is 11.6 Å². The molecule has 1 aromatic rings. The molecule has 0 N–H and O–H groups in total. The standard InChI is InChI=1S/C15H19ClN2O2S/c1-2-5-13-6-3-4-9-18(13)21(19,20)15-10-12(11-17)7-8-14(15)16/h7-8,10,13H,2-6,9H2,1H3. The third-order valence-electron chi connectivity index (χ3n) is 3.84. The molecule has 1 aliphatic heterocycles. The molecule has 0 radical (unpaired) electrons. The molecule has 1 saturated heterocycles. The molecular formula is C15H19ClN2O2S. The molecule has 1 unspecified atom stereocenters. The van der Waals surface area contributed by atoms with E-state index >= 15 is 0 Å². The first-order chi connectivity index (χ1) is 10.0. The van der Waals surface area contributed by atoms with Gasteiger partial charge in [0.05, 0.1) is 16.7 Å². The second kappa shape index (κ2) is 6.78. The number of benzene rings is 1. The number of nitriles is 1. The molecular weight excluding hydrogens is 308 g/mol. The van der Waals surface area contributed by atoms with Gasteiger partial charge in [-0.1, -0.05) is 31.4 Å². The molecule has 0 bridgehead atoms. The second-order valence-corrected chi connectivity index (χ2v) is 7.58. The van der Waals surface area contributed by atoms with Crippen LogP contribution in [-0.4, -0.2) is 25.3 Å². The number of nitrogens with zero attached hydrogens (tertiary/aromatic N) is 2. The predicted molar refractivity (Wildman–Crippen MR) is 82.6 cm³/mol. The molecule has 0 aliphatic carbocycles. The van der Waals surface area contributed by atoms with E-state index in [0.29, 0.717) is 12.1 Å². The average molecular weight is 327 g/mol. The molecule has 1 fully saturated rings. The van der Waals surface area contributed by atoms with Crippen molar-refractivity contribution < 1.29 is 8.42 Å². The van der Waals surface area contributed by atoms with E-state index in [1.807, 2.05) is 6.07 Å². The van der Waals surface area contributed by atoms with Crippen LogP contribution in [-0.2, 0) is 10.0 Å². The number of piperidine rings is 1. The van der Waals surface area contributed by atoms with Crippen molar-refractivity contribution in [2.24, 2.45) is 0 Å². The molecule has 1 atom stereocenters. The van der Waals surface area contributed by atoms with Gasteiger partial charge in [-0.25, -0.2) is 8.42 Å². The first-order valence-electron chi connectivity index (χ1n) is 7.22. The summed E-state index contributed by atoms with van der Waals surface area (Å²) in [5.41, 5.74) is 0.307. The summed E-state index contributed by atoms with van der Waals surface area (Å²) >= 11 is 6.07. The molecule has 0 aromatic heterocycles. The van der Waals surface area contributed by atoms with Crippen LogP contribution in [0.15, 0.2) is 23.1 Å². The maximum Gasteiger partial charge on any atom is 0.244 e. The van der Waals surface area contributed by atoms with Gasteiger partial charge < -0.3 is 0 Å². The van der Waals surface area contributed by atoms with Gasteiger partial charge >= 0.3 is 0 Å². The summed E-state index contributed by atoms with van der Waals surface area (Å²) in [7, 11) is -3.65. The molecule has 0 spiro atoms. The maximum absolute atomic E-state index is 12.9. The lowest BCUT2D eigenvalue weighted by Gasteiger charge is -2.34. The predicted octanol–water partition coefficient (Wildman–Crippen LogP) is 3.55. The number of halogens is 1. The number of rotatable bonds is 4. The van der Waals surface area contributed by atoms with E-state index in [9.17, 15) is 8.42 Å². The summed E-state index contributed by atoms with van der Waals surface area (Å²) in [4.78, 5) is 0.0474. The van der Waals surface area contributed by atoms with Gasteiger partial charge in [0.15, 0.2) is 0 Å². The van der Waals surface area contributed by atoms with Gasteiger partial charge in [0.25, 0.3) is 0 Å². The molecule has 0 amide bonds. The van der Waals surface area contributed by atoms with Crippen LogP contribution in [0.25, 0.3) is 0 Å². The van der Waals surface area contributed by atoms with Crippen molar-refractivity contribution in [3.05, 3.63) is 28.8 Å². The first kappa shape index (κ1) is 16.3. The fraction of sp³-hybridized carbons (Fsp3) is 0.533. The molecule has 1 heterocycles. The summed E-state index contributed by atoms with van der Waals surface area (Å²) in [6, 6.07) is 6.38. The average Bonchev–Trinajstić information content (AvgIpc) is 2.48. The minimum absolute atomic E-state index is 0.0376. The lowest BCUT2D eigenvalue weighted by molar-refractivity contribution is 0.239. The van der Waals surface area contributed by atoms with Gasteiger partial charge in [0.1, 0.15) is 4.90 Å². The van der Waals surface area contributed by atoms with E-state index in [0.717, 1.165) is 32.1 Å². The smallest absolute Gasteiger partial charge is 0.207 e. The van der Waals surface area contributed by atoms with E-state index < -0.39 is 10.0 Å². The Kier molecular flexibility index (Phi) is 5.26. The van der Waals surface area contributed by atoms with Crippen molar-refractivity contribution >= 4 is 21.6 Å². The lowest BCUT2D eigenvalue weighted by atomic mass is 10.0. The zero-order chi connectivity index (χ0) is 15.5. The van der Waals surface area contributed by atoms with E-state index in [2.05, 4.69) is 6.92 Å². The Hall–Kier alpha value is -1.09. The third-order valence-corrected chi connectivity index (χ3v) is 6.28. The summed E-state index contributed by atoms with van der Waals surface area (Å²) in [5.74, 6) is 0. The van der Waals surface area contributed by atoms with Crippen LogP contribution in [0.5, 0.6) is 0 Å². The van der Waals surface area contributed by atoms with Crippen molar-refractivity contribution in [1.29, 1.82) is 5.26 Å². The number of hydrogen-bond donors (Lipinski definition) is 0. The molecule has 114 valence electrons. The summed E-state index contributed by atoms with van der Waals surface area (Å²) in [6.45, 7) is 2.59. The normalized spacial score (nSPS) is 20.1. The lowest BCUT2D eigenvalue weighted by Crippen LogP contribution is -2.43. The minimum atomic E-state index is -3.65. The van der Waals surface area contributed by atoms with Gasteiger partial charge in [0.2, 0.25) is 10.0 Å². The summed E-state index contributed by atoms with van der Waals surface area (Å²) in [5, 5.41) is 9.14. The highest BCUT2D eigenvalue weighted by atomic mass is 35.5. The summed E-state index contributed by atoms with van der Waals surface area (Å²) in [6.07, 6.45) is 4.62. The molecule has 1 aromatic carbocycles. The Morgan fingerprint density at radius 2 is 2.19 bits per heavy atom. The van der Waals surface area contributed by atoms with E-state index in [4.69, 9.17) is 16.9 Å². The van der Waals surface area contributed by atoms with E-state index in [1.165, 1.54) is 18.2 Å². The molecule has 1 aliphatic rings. The molecule has 21 heavy (non-hydrogen) atoms. The monoisotopic (exact) mass is 326 g/mol. The molecule has 2 rings (SSSR count). The van der Waals surface area contributed by atoms with Crippen LogP contribution in [0.1, 0.15) is 44.6 Å². The van der Waals surface area contributed by atoms with Crippen molar-refractivity contribution in [2.45, 2.75) is 50.0 Å². The zero-order valence-electron chi connectivity index (χ0n) is 12.0. The van der Waals surface area contributed by atoms with Gasteiger partial charge in [-0.3, -0.25) is 0 Å². The van der Waals surface area contributed by atoms with Crippen molar-refractivity contribution in [3.63, 3.8) is 0 Å². The quantitative estimate of drug-likeness (QED) is 0.850. The fourth-order valence-electron chi connectivity index (χ4n) is 2.81. The number of sulfonamides is 1. The van der Waals surface area contributed by atoms with Crippen LogP contribution < -0.4 is 0 Å². The van der Waals surface area contributed by atoms with E-state index in [1.54, 1.807) is 4.31 Å². The Balaban J connectivity index is 2.43. The third kappa shape index (κ3) is 3.39. The van der Waals surface area contributed by atoms with Crippen LogP contribution in [0, 0.1) is 11.3 Å². The van der Waals surface area contributed by atoms with Crippen molar-refractivity contribution in [2.75, 3.05) is 6.54 Å². The molecule has 4 nitrogen and oxygen atoms in total. The highest BCUT2D eigenvalue weighted by Crippen LogP contribution is 2.31. The SMILES string of the molecule is CCCC1CCCCN1S(=O)(=O)c1cc(C#N)ccc1Cl. The summed E-state index contributed by atoms with van der Waals surface area (Å²) < 4.78 is 27.4. The maximum atomic E-state index is 12.9. The second-order valence-electron chi connectivity index (χ2n) is 5.31. The Labute approximate surface area is 131 Å². The Morgan fingerprint density at radius 3 is 2.86 bits per heavy atom. The van der Waals surface area contributed by atoms with Gasteiger partial charge in [0, 0.05) is 12.6 Å². The molecule has 6 heteroatoms. The van der Waals surface area contributed by atoms with Crippen molar-refractivity contribution in [1.82, 2.24) is 4.31 Å². The van der Waals surface area contributed by atoms with Crippen LogP contribution in [0.4, 0.5) is 0 Å². The van der Waals surface area contributed by atoms with Gasteiger partial charge in [-0.2, -0.15) is 9.57 Å². The van der Waals surface area contributed by atoms with Gasteiger partial charge in [-0.05, 0) is 37.5 Å². The highest BCUT2D eigenvalue weighted by Gasteiger charge is 2.34.